The minimum atomic E-state index is 0. The summed E-state index contributed by atoms with van der Waals surface area (Å²) in [6.45, 7) is 8.59. The third-order valence-corrected chi connectivity index (χ3v) is 2.61. The number of ether oxygens (including phenoxy) is 1. The van der Waals surface area contributed by atoms with Crippen molar-refractivity contribution >= 4 is 42.1 Å². The van der Waals surface area contributed by atoms with Crippen LogP contribution in [0.15, 0.2) is 0 Å². The van der Waals surface area contributed by atoms with E-state index in [4.69, 9.17) is 22.7 Å². The lowest BCUT2D eigenvalue weighted by Gasteiger charge is -2.18. The molecule has 0 radical (unpaired) electrons. The smallest absolute Gasteiger partial charge is 0.173 e. The monoisotopic (exact) mass is 304 g/mol. The van der Waals surface area contributed by atoms with Crippen LogP contribution in [-0.4, -0.2) is 42.7 Å². The predicted molar refractivity (Wildman–Crippen MR) is 83.7 cm³/mol. The summed E-state index contributed by atoms with van der Waals surface area (Å²) in [6, 6.07) is 0. The van der Waals surface area contributed by atoms with Gasteiger partial charge in [0, 0.05) is 0 Å². The zero-order valence-electron chi connectivity index (χ0n) is 10.8. The van der Waals surface area contributed by atoms with E-state index in [0.29, 0.717) is 5.05 Å². The lowest BCUT2D eigenvalue weighted by molar-refractivity contribution is 0.264. The van der Waals surface area contributed by atoms with Crippen LogP contribution in [0.4, 0.5) is 0 Å². The summed E-state index contributed by atoms with van der Waals surface area (Å²) < 4.78 is 5.47. The standard InChI is InChI=1S/C11H24N2OS.2ClH/c1-3-13(4-2)10-11(15)14-9-7-5-6-8-12;;/h3-10,12H2,1-2H3;2*1H. The third-order valence-electron chi connectivity index (χ3n) is 2.36. The van der Waals surface area contributed by atoms with E-state index in [-0.39, 0.29) is 24.8 Å². The lowest BCUT2D eigenvalue weighted by Crippen LogP contribution is -2.29. The molecule has 0 aromatic heterocycles. The second kappa shape index (κ2) is 16.4. The summed E-state index contributed by atoms with van der Waals surface area (Å²) >= 11 is 5.15. The van der Waals surface area contributed by atoms with Crippen molar-refractivity contribution < 1.29 is 4.74 Å². The molecule has 0 aromatic rings. The van der Waals surface area contributed by atoms with E-state index in [2.05, 4.69) is 18.7 Å². The maximum atomic E-state index is 5.47. The van der Waals surface area contributed by atoms with Gasteiger partial charge < -0.3 is 10.5 Å². The number of halogens is 2. The van der Waals surface area contributed by atoms with Gasteiger partial charge in [-0.3, -0.25) is 4.90 Å². The van der Waals surface area contributed by atoms with Gasteiger partial charge in [-0.05, 0) is 51.1 Å². The number of nitrogens with zero attached hydrogens (tertiary/aromatic N) is 1. The van der Waals surface area contributed by atoms with E-state index in [1.165, 1.54) is 0 Å². The van der Waals surface area contributed by atoms with E-state index in [1.54, 1.807) is 0 Å². The van der Waals surface area contributed by atoms with Crippen LogP contribution in [0.1, 0.15) is 33.1 Å². The van der Waals surface area contributed by atoms with Gasteiger partial charge in [0.15, 0.2) is 5.05 Å². The molecule has 6 heteroatoms. The van der Waals surface area contributed by atoms with Gasteiger partial charge in [0.1, 0.15) is 0 Å². The summed E-state index contributed by atoms with van der Waals surface area (Å²) in [4.78, 5) is 2.25. The molecule has 0 aliphatic rings. The molecule has 0 heterocycles. The Morgan fingerprint density at radius 3 is 2.18 bits per heavy atom. The molecule has 0 saturated carbocycles. The van der Waals surface area contributed by atoms with Crippen molar-refractivity contribution in [1.29, 1.82) is 0 Å². The number of nitrogens with two attached hydrogens (primary N) is 1. The van der Waals surface area contributed by atoms with E-state index >= 15 is 0 Å². The summed E-state index contributed by atoms with van der Waals surface area (Å²) in [5.41, 5.74) is 5.40. The Balaban J connectivity index is -0.000000980. The van der Waals surface area contributed by atoms with Gasteiger partial charge in [-0.25, -0.2) is 0 Å². The molecule has 0 fully saturated rings. The summed E-state index contributed by atoms with van der Waals surface area (Å²) in [6.07, 6.45) is 3.26. The molecule has 0 aliphatic carbocycles. The van der Waals surface area contributed by atoms with Crippen LogP contribution in [0.2, 0.25) is 0 Å². The molecule has 106 valence electrons. The number of unbranched alkanes of at least 4 members (excludes halogenated alkanes) is 2. The Morgan fingerprint density at radius 2 is 1.71 bits per heavy atom. The maximum absolute atomic E-state index is 5.47. The topological polar surface area (TPSA) is 38.5 Å². The Bertz CT molecular complexity index is 170. The fourth-order valence-corrected chi connectivity index (χ4v) is 1.55. The van der Waals surface area contributed by atoms with Crippen molar-refractivity contribution in [3.8, 4) is 0 Å². The lowest BCUT2D eigenvalue weighted by atomic mass is 10.2. The Kier molecular flexibility index (Phi) is 21.8. The molecule has 0 aromatic carbocycles. The molecule has 0 rings (SSSR count). The van der Waals surface area contributed by atoms with Crippen molar-refractivity contribution in [3.05, 3.63) is 0 Å². The number of rotatable bonds is 9. The van der Waals surface area contributed by atoms with Crippen LogP contribution < -0.4 is 5.73 Å². The van der Waals surface area contributed by atoms with Gasteiger partial charge in [0.2, 0.25) is 0 Å². The minimum absolute atomic E-state index is 0. The van der Waals surface area contributed by atoms with Crippen LogP contribution >= 0.6 is 37.0 Å². The number of likely N-dealkylation sites (N-methyl/N-ethyl adjacent to an activating group) is 1. The normalized spacial score (nSPS) is 9.41. The molecule has 0 atom stereocenters. The quantitative estimate of drug-likeness (QED) is 0.525. The third kappa shape index (κ3) is 14.3. The molecular formula is C11H26Cl2N2OS. The predicted octanol–water partition coefficient (Wildman–Crippen LogP) is 2.64. The molecule has 0 saturated heterocycles. The maximum Gasteiger partial charge on any atom is 0.173 e. The van der Waals surface area contributed by atoms with E-state index in [0.717, 1.165) is 52.0 Å². The van der Waals surface area contributed by atoms with Gasteiger partial charge in [-0.2, -0.15) is 0 Å². The largest absolute Gasteiger partial charge is 0.486 e. The Labute approximate surface area is 123 Å². The fourth-order valence-electron chi connectivity index (χ4n) is 1.28. The van der Waals surface area contributed by atoms with E-state index < -0.39 is 0 Å². The molecule has 0 aliphatic heterocycles. The minimum Gasteiger partial charge on any atom is -0.486 e. The van der Waals surface area contributed by atoms with Crippen molar-refractivity contribution in [2.45, 2.75) is 33.1 Å². The van der Waals surface area contributed by atoms with Crippen LogP contribution in [-0.2, 0) is 4.74 Å². The molecule has 3 nitrogen and oxygen atoms in total. The van der Waals surface area contributed by atoms with Crippen LogP contribution in [0, 0.1) is 0 Å². The SMILES string of the molecule is CCN(CC)CC(=S)OCCCCCN.Cl.Cl. The van der Waals surface area contributed by atoms with Crippen LogP contribution in [0.25, 0.3) is 0 Å². The molecule has 0 amide bonds. The highest BCUT2D eigenvalue weighted by Crippen LogP contribution is 1.97. The van der Waals surface area contributed by atoms with Crippen molar-refractivity contribution in [1.82, 2.24) is 4.90 Å². The highest BCUT2D eigenvalue weighted by atomic mass is 35.5. The highest BCUT2D eigenvalue weighted by Gasteiger charge is 2.03. The van der Waals surface area contributed by atoms with E-state index in [9.17, 15) is 0 Å². The van der Waals surface area contributed by atoms with Gasteiger partial charge in [0.25, 0.3) is 0 Å². The molecule has 0 unspecified atom stereocenters. The molecule has 0 spiro atoms. The van der Waals surface area contributed by atoms with E-state index in [1.807, 2.05) is 0 Å². The first kappa shape index (κ1) is 22.6. The second-order valence-electron chi connectivity index (χ2n) is 3.53. The second-order valence-corrected chi connectivity index (χ2v) is 3.99. The zero-order valence-corrected chi connectivity index (χ0v) is 13.3. The summed E-state index contributed by atoms with van der Waals surface area (Å²) in [5, 5.41) is 0.714. The number of hydrogen-bond acceptors (Lipinski definition) is 4. The average molecular weight is 305 g/mol. The van der Waals surface area contributed by atoms with Gasteiger partial charge >= 0.3 is 0 Å². The first-order chi connectivity index (χ1) is 7.24. The van der Waals surface area contributed by atoms with Gasteiger partial charge in [-0.15, -0.1) is 24.8 Å². The first-order valence-electron chi connectivity index (χ1n) is 5.82. The molecule has 0 bridgehead atoms. The molecule has 17 heavy (non-hydrogen) atoms. The number of thiocarbonyl (C=S) groups is 1. The first-order valence-corrected chi connectivity index (χ1v) is 6.23. The summed E-state index contributed by atoms with van der Waals surface area (Å²) in [7, 11) is 0. The van der Waals surface area contributed by atoms with Gasteiger partial charge in [0.05, 0.1) is 13.2 Å². The summed E-state index contributed by atoms with van der Waals surface area (Å²) in [5.74, 6) is 0. The molecule has 2 N–H and O–H groups in total. The fraction of sp³-hybridized carbons (Fsp3) is 0.909. The van der Waals surface area contributed by atoms with Gasteiger partial charge in [-0.1, -0.05) is 13.8 Å². The van der Waals surface area contributed by atoms with Crippen LogP contribution in [0.5, 0.6) is 0 Å². The van der Waals surface area contributed by atoms with Crippen molar-refractivity contribution in [2.24, 2.45) is 5.73 Å². The van der Waals surface area contributed by atoms with Crippen molar-refractivity contribution in [2.75, 3.05) is 32.8 Å². The zero-order chi connectivity index (χ0) is 11.5. The average Bonchev–Trinajstić information content (AvgIpc) is 2.25. The Morgan fingerprint density at radius 1 is 1.12 bits per heavy atom. The number of hydrogen-bond donors (Lipinski definition) is 1. The highest BCUT2D eigenvalue weighted by molar-refractivity contribution is 7.80. The van der Waals surface area contributed by atoms with Crippen LogP contribution in [0.3, 0.4) is 0 Å². The Hall–Kier alpha value is 0.390. The molecular weight excluding hydrogens is 279 g/mol. The van der Waals surface area contributed by atoms with Crippen molar-refractivity contribution in [3.63, 3.8) is 0 Å².